The second kappa shape index (κ2) is 10.6. The van der Waals surface area contributed by atoms with Crippen LogP contribution in [0.15, 0.2) is 12.1 Å². The van der Waals surface area contributed by atoms with Crippen molar-refractivity contribution in [3.8, 4) is 5.75 Å². The second-order valence-electron chi connectivity index (χ2n) is 9.67. The molecule has 1 rings (SSSR count). The molecule has 150 valence electrons. The highest BCUT2D eigenvalue weighted by molar-refractivity contribution is 7.99. The van der Waals surface area contributed by atoms with E-state index in [9.17, 15) is 5.11 Å². The molecule has 0 aliphatic carbocycles. The van der Waals surface area contributed by atoms with Crippen LogP contribution in [0.1, 0.15) is 104 Å². The molecule has 1 aromatic carbocycles. The number of rotatable bonds is 10. The molecule has 0 radical (unpaired) electrons. The topological polar surface area (TPSA) is 20.2 Å². The zero-order valence-corrected chi connectivity index (χ0v) is 19.2. The molecule has 0 saturated heterocycles. The Morgan fingerprint density at radius 3 is 1.77 bits per heavy atom. The number of phenols is 1. The van der Waals surface area contributed by atoms with Crippen LogP contribution in [-0.4, -0.2) is 16.6 Å². The van der Waals surface area contributed by atoms with Crippen LogP contribution >= 0.6 is 11.8 Å². The zero-order chi connectivity index (χ0) is 19.8. The number of hydrogen-bond acceptors (Lipinski definition) is 2. The van der Waals surface area contributed by atoms with E-state index in [1.54, 1.807) is 0 Å². The maximum Gasteiger partial charge on any atom is 0.123 e. The summed E-state index contributed by atoms with van der Waals surface area (Å²) in [6, 6.07) is 4.46. The average molecular weight is 379 g/mol. The van der Waals surface area contributed by atoms with Gasteiger partial charge in [-0.3, -0.25) is 0 Å². The summed E-state index contributed by atoms with van der Waals surface area (Å²) in [5, 5.41) is 10.8. The van der Waals surface area contributed by atoms with Crippen molar-refractivity contribution in [2.75, 3.05) is 11.5 Å². The molecule has 0 unspecified atom stereocenters. The summed E-state index contributed by atoms with van der Waals surface area (Å²) in [5.41, 5.74) is 3.46. The molecule has 26 heavy (non-hydrogen) atoms. The van der Waals surface area contributed by atoms with Crippen LogP contribution in [0.2, 0.25) is 0 Å². The molecule has 1 nitrogen and oxygen atoms in total. The Bertz CT molecular complexity index is 499. The van der Waals surface area contributed by atoms with E-state index in [1.165, 1.54) is 55.6 Å². The van der Waals surface area contributed by atoms with E-state index in [0.29, 0.717) is 5.75 Å². The lowest BCUT2D eigenvalue weighted by atomic mass is 9.78. The van der Waals surface area contributed by atoms with Crippen LogP contribution in [0.5, 0.6) is 5.75 Å². The van der Waals surface area contributed by atoms with E-state index in [2.05, 4.69) is 72.4 Å². The molecule has 0 saturated carbocycles. The highest BCUT2D eigenvalue weighted by atomic mass is 32.2. The van der Waals surface area contributed by atoms with Gasteiger partial charge in [0.1, 0.15) is 5.75 Å². The molecule has 0 aliphatic rings. The van der Waals surface area contributed by atoms with Crippen molar-refractivity contribution in [1.29, 1.82) is 0 Å². The molecule has 2 heteroatoms. The van der Waals surface area contributed by atoms with Gasteiger partial charge in [0, 0.05) is 0 Å². The van der Waals surface area contributed by atoms with Crippen LogP contribution in [0, 0.1) is 0 Å². The lowest BCUT2D eigenvalue weighted by molar-refractivity contribution is 0.423. The number of aromatic hydroxyl groups is 1. The van der Waals surface area contributed by atoms with Crippen molar-refractivity contribution in [3.05, 3.63) is 28.8 Å². The Labute approximate surface area is 167 Å². The first-order valence-electron chi connectivity index (χ1n) is 10.5. The van der Waals surface area contributed by atoms with Gasteiger partial charge in [-0.2, -0.15) is 11.8 Å². The first kappa shape index (κ1) is 23.4. The minimum absolute atomic E-state index is 0.0360. The highest BCUT2D eigenvalue weighted by Gasteiger charge is 2.26. The standard InChI is InChI=1S/C24H42OS/c1-8-9-10-11-12-13-15-26-16-14-19-17-20(23(2,3)4)22(25)21(18-19)24(5,6)7/h17-18,25H,8-16H2,1-7H3. The maximum atomic E-state index is 10.8. The van der Waals surface area contributed by atoms with Crippen molar-refractivity contribution in [3.63, 3.8) is 0 Å². The van der Waals surface area contributed by atoms with Gasteiger partial charge < -0.3 is 5.11 Å². The lowest BCUT2D eigenvalue weighted by Gasteiger charge is -2.28. The Morgan fingerprint density at radius 2 is 1.27 bits per heavy atom. The molecule has 0 heterocycles. The number of phenolic OH excluding ortho intramolecular Hbond substituents is 1. The van der Waals surface area contributed by atoms with Crippen LogP contribution in [0.3, 0.4) is 0 Å². The fourth-order valence-corrected chi connectivity index (χ4v) is 4.25. The summed E-state index contributed by atoms with van der Waals surface area (Å²) >= 11 is 2.08. The fourth-order valence-electron chi connectivity index (χ4n) is 3.26. The summed E-state index contributed by atoms with van der Waals surface area (Å²) in [6.45, 7) is 15.4. The third kappa shape index (κ3) is 7.94. The summed E-state index contributed by atoms with van der Waals surface area (Å²) in [7, 11) is 0. The Kier molecular flexibility index (Phi) is 9.58. The molecule has 1 aromatic rings. The monoisotopic (exact) mass is 378 g/mol. The second-order valence-corrected chi connectivity index (χ2v) is 10.9. The van der Waals surface area contributed by atoms with Crippen molar-refractivity contribution >= 4 is 11.8 Å². The van der Waals surface area contributed by atoms with Crippen LogP contribution in [0.4, 0.5) is 0 Å². The Morgan fingerprint density at radius 1 is 0.769 bits per heavy atom. The Hall–Kier alpha value is -0.630. The highest BCUT2D eigenvalue weighted by Crippen LogP contribution is 2.39. The number of benzene rings is 1. The molecule has 0 aromatic heterocycles. The van der Waals surface area contributed by atoms with Gasteiger partial charge in [0.25, 0.3) is 0 Å². The fraction of sp³-hybridized carbons (Fsp3) is 0.750. The van der Waals surface area contributed by atoms with E-state index in [-0.39, 0.29) is 10.8 Å². The SMILES string of the molecule is CCCCCCCCSCCc1cc(C(C)(C)C)c(O)c(C(C)(C)C)c1. The molecule has 1 N–H and O–H groups in total. The summed E-state index contributed by atoms with van der Waals surface area (Å²) in [5.74, 6) is 2.95. The molecular formula is C24H42OS. The third-order valence-electron chi connectivity index (χ3n) is 4.96. The van der Waals surface area contributed by atoms with Gasteiger partial charge in [0.2, 0.25) is 0 Å². The third-order valence-corrected chi connectivity index (χ3v) is 6.03. The molecular weight excluding hydrogens is 336 g/mol. The predicted octanol–water partition coefficient (Wildman–Crippen LogP) is 7.62. The lowest BCUT2D eigenvalue weighted by Crippen LogP contribution is -2.18. The van der Waals surface area contributed by atoms with Crippen LogP contribution in [-0.2, 0) is 17.3 Å². The van der Waals surface area contributed by atoms with Gasteiger partial charge in [-0.05, 0) is 51.9 Å². The number of aryl methyl sites for hydroxylation is 1. The first-order chi connectivity index (χ1) is 12.1. The van der Waals surface area contributed by atoms with Gasteiger partial charge in [0.15, 0.2) is 0 Å². The van der Waals surface area contributed by atoms with Gasteiger partial charge in [-0.25, -0.2) is 0 Å². The minimum Gasteiger partial charge on any atom is -0.507 e. The van der Waals surface area contributed by atoms with Crippen molar-refractivity contribution in [1.82, 2.24) is 0 Å². The predicted molar refractivity (Wildman–Crippen MR) is 120 cm³/mol. The summed E-state index contributed by atoms with van der Waals surface area (Å²) in [6.07, 6.45) is 9.34. The van der Waals surface area contributed by atoms with Gasteiger partial charge in [0.05, 0.1) is 0 Å². The molecule has 0 aliphatic heterocycles. The quantitative estimate of drug-likeness (QED) is 0.422. The summed E-state index contributed by atoms with van der Waals surface area (Å²) < 4.78 is 0. The first-order valence-corrected chi connectivity index (χ1v) is 11.7. The average Bonchev–Trinajstić information content (AvgIpc) is 2.52. The molecule has 0 atom stereocenters. The van der Waals surface area contributed by atoms with Gasteiger partial charge in [-0.1, -0.05) is 92.7 Å². The largest absolute Gasteiger partial charge is 0.507 e. The van der Waals surface area contributed by atoms with E-state index in [1.807, 2.05) is 0 Å². The number of hydrogen-bond donors (Lipinski definition) is 1. The van der Waals surface area contributed by atoms with Crippen molar-refractivity contribution in [2.24, 2.45) is 0 Å². The normalized spacial score (nSPS) is 12.6. The molecule has 0 amide bonds. The van der Waals surface area contributed by atoms with Crippen LogP contribution in [0.25, 0.3) is 0 Å². The maximum absolute atomic E-state index is 10.8. The number of thioether (sulfide) groups is 1. The number of unbranched alkanes of at least 4 members (excludes halogenated alkanes) is 5. The molecule has 0 fully saturated rings. The van der Waals surface area contributed by atoms with Gasteiger partial charge in [-0.15, -0.1) is 0 Å². The minimum atomic E-state index is -0.0360. The van der Waals surface area contributed by atoms with Crippen molar-refractivity contribution < 1.29 is 5.11 Å². The summed E-state index contributed by atoms with van der Waals surface area (Å²) in [4.78, 5) is 0. The van der Waals surface area contributed by atoms with Crippen LogP contribution < -0.4 is 0 Å². The van der Waals surface area contributed by atoms with Gasteiger partial charge >= 0.3 is 0 Å². The smallest absolute Gasteiger partial charge is 0.123 e. The Balaban J connectivity index is 2.61. The van der Waals surface area contributed by atoms with E-state index in [0.717, 1.165) is 17.5 Å². The molecule has 0 spiro atoms. The zero-order valence-electron chi connectivity index (χ0n) is 18.4. The van der Waals surface area contributed by atoms with Crippen molar-refractivity contribution in [2.45, 2.75) is 104 Å². The van der Waals surface area contributed by atoms with E-state index < -0.39 is 0 Å². The van der Waals surface area contributed by atoms with E-state index in [4.69, 9.17) is 0 Å². The molecule has 0 bridgehead atoms. The van der Waals surface area contributed by atoms with E-state index >= 15 is 0 Å².